The van der Waals surface area contributed by atoms with Crippen molar-refractivity contribution < 1.29 is 0 Å². The molecule has 0 aliphatic carbocycles. The fourth-order valence-electron chi connectivity index (χ4n) is 3.34. The highest BCUT2D eigenvalue weighted by Crippen LogP contribution is 2.22. The van der Waals surface area contributed by atoms with E-state index >= 15 is 0 Å². The van der Waals surface area contributed by atoms with E-state index in [2.05, 4.69) is 29.0 Å². The van der Waals surface area contributed by atoms with Crippen molar-refractivity contribution in [2.75, 3.05) is 26.7 Å². The van der Waals surface area contributed by atoms with Crippen LogP contribution >= 0.6 is 0 Å². The third-order valence-electron chi connectivity index (χ3n) is 4.55. The molecule has 0 bridgehead atoms. The van der Waals surface area contributed by atoms with Gasteiger partial charge in [0, 0.05) is 30.5 Å². The van der Waals surface area contributed by atoms with Crippen molar-refractivity contribution in [2.24, 2.45) is 5.92 Å². The van der Waals surface area contributed by atoms with Crippen LogP contribution in [-0.2, 0) is 6.54 Å². The molecule has 0 spiro atoms. The van der Waals surface area contributed by atoms with E-state index in [-0.39, 0.29) is 0 Å². The summed E-state index contributed by atoms with van der Waals surface area (Å²) >= 11 is 0. The van der Waals surface area contributed by atoms with Crippen LogP contribution < -0.4 is 5.32 Å². The summed E-state index contributed by atoms with van der Waals surface area (Å²) in [7, 11) is 2.04. The van der Waals surface area contributed by atoms with Crippen LogP contribution in [0.5, 0.6) is 0 Å². The van der Waals surface area contributed by atoms with Gasteiger partial charge in [0.25, 0.3) is 0 Å². The molecule has 2 aromatic heterocycles. The number of likely N-dealkylation sites (tertiary alicyclic amines) is 1. The molecule has 5 heteroatoms. The Kier molecular flexibility index (Phi) is 4.55. The Hall–Kier alpha value is -1.72. The molecule has 22 heavy (non-hydrogen) atoms. The normalized spacial score (nSPS) is 19.0. The van der Waals surface area contributed by atoms with Gasteiger partial charge in [0.1, 0.15) is 0 Å². The predicted molar refractivity (Wildman–Crippen MR) is 88.1 cm³/mol. The first-order chi connectivity index (χ1) is 10.7. The number of nitrogens with one attached hydrogen (secondary N) is 1. The SMILES string of the molecule is CNCC1CCN(Cc2c(C)nn(-c3ccccn3)c2C)C1. The second-order valence-corrected chi connectivity index (χ2v) is 6.20. The molecule has 1 aliphatic heterocycles. The number of pyridine rings is 1. The maximum atomic E-state index is 4.69. The van der Waals surface area contributed by atoms with Gasteiger partial charge in [-0.15, -0.1) is 0 Å². The Bertz CT molecular complexity index is 619. The lowest BCUT2D eigenvalue weighted by Gasteiger charge is -2.16. The molecular weight excluding hydrogens is 274 g/mol. The second kappa shape index (κ2) is 6.58. The van der Waals surface area contributed by atoms with Crippen molar-refractivity contribution in [3.05, 3.63) is 41.3 Å². The van der Waals surface area contributed by atoms with Crippen molar-refractivity contribution in [3.8, 4) is 5.82 Å². The van der Waals surface area contributed by atoms with E-state index in [1.165, 1.54) is 30.8 Å². The molecule has 0 aromatic carbocycles. The molecule has 2 aromatic rings. The molecule has 0 saturated carbocycles. The van der Waals surface area contributed by atoms with E-state index in [9.17, 15) is 0 Å². The van der Waals surface area contributed by atoms with Gasteiger partial charge in [-0.3, -0.25) is 4.90 Å². The highest BCUT2D eigenvalue weighted by atomic mass is 15.3. The van der Waals surface area contributed by atoms with Gasteiger partial charge in [-0.1, -0.05) is 6.07 Å². The number of rotatable bonds is 5. The molecule has 1 atom stereocenters. The van der Waals surface area contributed by atoms with Gasteiger partial charge in [0.15, 0.2) is 5.82 Å². The number of hydrogen-bond acceptors (Lipinski definition) is 4. The Morgan fingerprint density at radius 2 is 2.18 bits per heavy atom. The molecule has 1 N–H and O–H groups in total. The highest BCUT2D eigenvalue weighted by molar-refractivity contribution is 5.32. The van der Waals surface area contributed by atoms with Gasteiger partial charge >= 0.3 is 0 Å². The summed E-state index contributed by atoms with van der Waals surface area (Å²) in [5, 5.41) is 7.98. The van der Waals surface area contributed by atoms with E-state index in [4.69, 9.17) is 5.10 Å². The minimum Gasteiger partial charge on any atom is -0.319 e. The van der Waals surface area contributed by atoms with Gasteiger partial charge in [-0.05, 0) is 58.5 Å². The Balaban J connectivity index is 1.77. The van der Waals surface area contributed by atoms with Crippen molar-refractivity contribution in [1.29, 1.82) is 0 Å². The molecule has 3 rings (SSSR count). The summed E-state index contributed by atoms with van der Waals surface area (Å²) in [6, 6.07) is 5.94. The second-order valence-electron chi connectivity index (χ2n) is 6.20. The molecule has 3 heterocycles. The van der Waals surface area contributed by atoms with Crippen LogP contribution in [0.3, 0.4) is 0 Å². The standard InChI is InChI=1S/C17H25N5/c1-13-16(12-21-9-7-15(11-21)10-18-3)14(2)22(20-13)17-6-4-5-8-19-17/h4-6,8,15,18H,7,9-12H2,1-3H3. The van der Waals surface area contributed by atoms with Gasteiger partial charge in [-0.2, -0.15) is 5.10 Å². The smallest absolute Gasteiger partial charge is 0.153 e. The minimum atomic E-state index is 0.774. The average Bonchev–Trinajstić information content (AvgIpc) is 3.08. The molecule has 1 unspecified atom stereocenters. The van der Waals surface area contributed by atoms with E-state index in [0.717, 1.165) is 30.5 Å². The molecule has 0 amide bonds. The van der Waals surface area contributed by atoms with Crippen LogP contribution in [-0.4, -0.2) is 46.3 Å². The zero-order chi connectivity index (χ0) is 15.5. The number of nitrogens with zero attached hydrogens (tertiary/aromatic N) is 4. The maximum absolute atomic E-state index is 4.69. The topological polar surface area (TPSA) is 46.0 Å². The van der Waals surface area contributed by atoms with Gasteiger partial charge in [0.05, 0.1) is 5.69 Å². The Morgan fingerprint density at radius 3 is 2.91 bits per heavy atom. The molecule has 1 aliphatic rings. The molecular formula is C17H25N5. The number of aromatic nitrogens is 3. The van der Waals surface area contributed by atoms with Gasteiger partial charge in [-0.25, -0.2) is 9.67 Å². The summed E-state index contributed by atoms with van der Waals surface area (Å²) in [6.45, 7) is 8.70. The highest BCUT2D eigenvalue weighted by Gasteiger charge is 2.24. The molecule has 1 fully saturated rings. The maximum Gasteiger partial charge on any atom is 0.153 e. The zero-order valence-electron chi connectivity index (χ0n) is 13.7. The van der Waals surface area contributed by atoms with Gasteiger partial charge < -0.3 is 5.32 Å². The van der Waals surface area contributed by atoms with Crippen molar-refractivity contribution in [1.82, 2.24) is 25.0 Å². The molecule has 118 valence electrons. The van der Waals surface area contributed by atoms with Crippen LogP contribution in [0.1, 0.15) is 23.4 Å². The first kappa shape index (κ1) is 15.2. The zero-order valence-corrected chi connectivity index (χ0v) is 13.7. The van der Waals surface area contributed by atoms with E-state index in [1.807, 2.05) is 36.1 Å². The van der Waals surface area contributed by atoms with Crippen molar-refractivity contribution >= 4 is 0 Å². The first-order valence-corrected chi connectivity index (χ1v) is 8.02. The fourth-order valence-corrected chi connectivity index (χ4v) is 3.34. The van der Waals surface area contributed by atoms with Crippen molar-refractivity contribution in [2.45, 2.75) is 26.8 Å². The largest absolute Gasteiger partial charge is 0.319 e. The fraction of sp³-hybridized carbons (Fsp3) is 0.529. The van der Waals surface area contributed by atoms with Crippen LogP contribution in [0.2, 0.25) is 0 Å². The minimum absolute atomic E-state index is 0.774. The third kappa shape index (κ3) is 3.05. The van der Waals surface area contributed by atoms with E-state index in [1.54, 1.807) is 0 Å². The van der Waals surface area contributed by atoms with E-state index in [0.29, 0.717) is 0 Å². The molecule has 5 nitrogen and oxygen atoms in total. The third-order valence-corrected chi connectivity index (χ3v) is 4.55. The van der Waals surface area contributed by atoms with Crippen LogP contribution in [0, 0.1) is 19.8 Å². The lowest BCUT2D eigenvalue weighted by atomic mass is 10.1. The van der Waals surface area contributed by atoms with Crippen LogP contribution in [0.25, 0.3) is 5.82 Å². The summed E-state index contributed by atoms with van der Waals surface area (Å²) in [5.41, 5.74) is 3.66. The Labute approximate surface area is 132 Å². The van der Waals surface area contributed by atoms with Gasteiger partial charge in [0.2, 0.25) is 0 Å². The average molecular weight is 299 g/mol. The first-order valence-electron chi connectivity index (χ1n) is 8.02. The quantitative estimate of drug-likeness (QED) is 0.916. The number of aryl methyl sites for hydroxylation is 1. The molecule has 1 saturated heterocycles. The Morgan fingerprint density at radius 1 is 1.32 bits per heavy atom. The lowest BCUT2D eigenvalue weighted by Crippen LogP contribution is -2.24. The van der Waals surface area contributed by atoms with Crippen LogP contribution in [0.4, 0.5) is 0 Å². The van der Waals surface area contributed by atoms with Crippen molar-refractivity contribution in [3.63, 3.8) is 0 Å². The summed E-state index contributed by atoms with van der Waals surface area (Å²) < 4.78 is 1.96. The van der Waals surface area contributed by atoms with E-state index < -0.39 is 0 Å². The predicted octanol–water partition coefficient (Wildman–Crippen LogP) is 1.93. The number of hydrogen-bond donors (Lipinski definition) is 1. The lowest BCUT2D eigenvalue weighted by molar-refractivity contribution is 0.314. The summed E-state index contributed by atoms with van der Waals surface area (Å²) in [5.74, 6) is 1.67. The summed E-state index contributed by atoms with van der Waals surface area (Å²) in [4.78, 5) is 6.95. The molecule has 0 radical (unpaired) electrons. The van der Waals surface area contributed by atoms with Crippen LogP contribution in [0.15, 0.2) is 24.4 Å². The summed E-state index contributed by atoms with van der Waals surface area (Å²) in [6.07, 6.45) is 3.10. The monoisotopic (exact) mass is 299 g/mol.